The van der Waals surface area contributed by atoms with Crippen molar-refractivity contribution in [3.8, 4) is 0 Å². The van der Waals surface area contributed by atoms with Crippen LogP contribution in [0.25, 0.3) is 0 Å². The number of ether oxygens (including phenoxy) is 2. The SMILES string of the molecule is C=C1C(=O)[C@]23C[C@@H]1C[C@H](O)[C@H]2[C@@]1(C)[C@H](C[C@@H]3OC(C)=O)C(C)(C)[C@@H](OC(C)=O)C[C@@H]1O. The smallest absolute Gasteiger partial charge is 0.302 e. The second-order valence-corrected chi connectivity index (χ2v) is 11.0. The van der Waals surface area contributed by atoms with Gasteiger partial charge < -0.3 is 19.7 Å². The fraction of sp³-hybridized carbons (Fsp3) is 0.792. The van der Waals surface area contributed by atoms with Crippen molar-refractivity contribution in [2.75, 3.05) is 0 Å². The molecule has 0 unspecified atom stereocenters. The molecular formula is C24H34O7. The topological polar surface area (TPSA) is 110 Å². The Morgan fingerprint density at radius 1 is 1.00 bits per heavy atom. The van der Waals surface area contributed by atoms with E-state index in [2.05, 4.69) is 6.58 Å². The first-order chi connectivity index (χ1) is 14.3. The molecule has 0 aromatic carbocycles. The number of ketones is 1. The summed E-state index contributed by atoms with van der Waals surface area (Å²) in [6, 6.07) is 0. The van der Waals surface area contributed by atoms with Crippen molar-refractivity contribution in [3.63, 3.8) is 0 Å². The fourth-order valence-corrected chi connectivity index (χ4v) is 8.00. The van der Waals surface area contributed by atoms with Gasteiger partial charge in [-0.15, -0.1) is 0 Å². The van der Waals surface area contributed by atoms with Crippen LogP contribution in [-0.2, 0) is 23.9 Å². The first-order valence-electron chi connectivity index (χ1n) is 11.2. The van der Waals surface area contributed by atoms with Gasteiger partial charge in [-0.1, -0.05) is 27.4 Å². The number of aliphatic hydroxyl groups is 2. The molecule has 31 heavy (non-hydrogen) atoms. The van der Waals surface area contributed by atoms with Gasteiger partial charge in [0, 0.05) is 37.0 Å². The predicted molar refractivity (Wildman–Crippen MR) is 111 cm³/mol. The summed E-state index contributed by atoms with van der Waals surface area (Å²) in [5.74, 6) is -2.01. The molecule has 2 N–H and O–H groups in total. The van der Waals surface area contributed by atoms with Crippen LogP contribution in [0.4, 0.5) is 0 Å². The van der Waals surface area contributed by atoms with E-state index in [0.29, 0.717) is 24.8 Å². The second kappa shape index (κ2) is 6.88. The van der Waals surface area contributed by atoms with Gasteiger partial charge in [0.15, 0.2) is 5.78 Å². The highest BCUT2D eigenvalue weighted by Crippen LogP contribution is 2.71. The van der Waals surface area contributed by atoms with Crippen LogP contribution in [0.15, 0.2) is 12.2 Å². The zero-order valence-electron chi connectivity index (χ0n) is 19.0. The number of rotatable bonds is 2. The Bertz CT molecular complexity index is 847. The summed E-state index contributed by atoms with van der Waals surface area (Å²) in [5, 5.41) is 22.8. The van der Waals surface area contributed by atoms with Crippen LogP contribution >= 0.6 is 0 Å². The number of hydrogen-bond donors (Lipinski definition) is 2. The molecule has 7 heteroatoms. The molecule has 4 saturated carbocycles. The van der Waals surface area contributed by atoms with Gasteiger partial charge in [0.1, 0.15) is 12.2 Å². The largest absolute Gasteiger partial charge is 0.462 e. The van der Waals surface area contributed by atoms with Crippen molar-refractivity contribution in [3.05, 3.63) is 12.2 Å². The van der Waals surface area contributed by atoms with Crippen molar-refractivity contribution in [1.82, 2.24) is 0 Å². The van der Waals surface area contributed by atoms with Crippen molar-refractivity contribution in [1.29, 1.82) is 0 Å². The Morgan fingerprint density at radius 2 is 1.58 bits per heavy atom. The third-order valence-electron chi connectivity index (χ3n) is 9.20. The molecule has 0 aromatic heterocycles. The summed E-state index contributed by atoms with van der Waals surface area (Å²) in [5.41, 5.74) is -1.97. The molecule has 172 valence electrons. The first-order valence-corrected chi connectivity index (χ1v) is 11.2. The Kier molecular flexibility index (Phi) is 4.99. The lowest BCUT2D eigenvalue weighted by molar-refractivity contribution is -0.274. The van der Waals surface area contributed by atoms with Gasteiger partial charge >= 0.3 is 11.9 Å². The molecule has 0 amide bonds. The summed E-state index contributed by atoms with van der Waals surface area (Å²) >= 11 is 0. The minimum absolute atomic E-state index is 0.139. The van der Waals surface area contributed by atoms with Gasteiger partial charge in [-0.2, -0.15) is 0 Å². The van der Waals surface area contributed by atoms with Crippen LogP contribution < -0.4 is 0 Å². The monoisotopic (exact) mass is 434 g/mol. The van der Waals surface area contributed by atoms with Crippen molar-refractivity contribution in [2.45, 2.75) is 84.7 Å². The Labute approximate surface area is 183 Å². The molecule has 0 aliphatic heterocycles. The predicted octanol–water partition coefficient (Wildman–Crippen LogP) is 2.18. The average molecular weight is 435 g/mol. The minimum atomic E-state index is -1.08. The van der Waals surface area contributed by atoms with Crippen LogP contribution in [0.1, 0.15) is 60.3 Å². The number of esters is 2. The van der Waals surface area contributed by atoms with Gasteiger partial charge in [-0.05, 0) is 36.7 Å². The second-order valence-electron chi connectivity index (χ2n) is 11.0. The normalized spacial score (nSPS) is 47.9. The van der Waals surface area contributed by atoms with E-state index in [1.54, 1.807) is 0 Å². The third kappa shape index (κ3) is 2.81. The van der Waals surface area contributed by atoms with Crippen LogP contribution in [0.3, 0.4) is 0 Å². The Hall–Kier alpha value is -1.73. The lowest BCUT2D eigenvalue weighted by atomic mass is 9.38. The van der Waals surface area contributed by atoms with Crippen LogP contribution in [-0.4, -0.2) is 52.4 Å². The first kappa shape index (κ1) is 22.5. The number of hydrogen-bond acceptors (Lipinski definition) is 7. The van der Waals surface area contributed by atoms with E-state index in [9.17, 15) is 24.6 Å². The molecule has 2 bridgehead atoms. The number of aliphatic hydroxyl groups excluding tert-OH is 2. The number of fused-ring (bicyclic) bond motifs is 3. The van der Waals surface area contributed by atoms with Gasteiger partial charge in [-0.3, -0.25) is 14.4 Å². The number of carbonyl (C=O) groups is 3. The Balaban J connectivity index is 1.89. The molecule has 9 atom stereocenters. The van der Waals surface area contributed by atoms with E-state index in [1.807, 2.05) is 20.8 Å². The molecule has 0 heterocycles. The minimum Gasteiger partial charge on any atom is -0.462 e. The molecule has 4 rings (SSSR count). The standard InChI is InChI=1S/C24H34O7/c1-11-14-7-15(27)20-23(6)16(22(4,5)18(9-17(23)28)30-12(2)25)8-19(31-13(3)26)24(20,10-14)21(11)29/h14-20,27-28H,1,7-10H2,2-6H3/t14-,15-,16+,17-,18-,19-,20-,23-,24-/m0/s1. The highest BCUT2D eigenvalue weighted by molar-refractivity contribution is 6.03. The lowest BCUT2D eigenvalue weighted by Gasteiger charge is -2.67. The van der Waals surface area contributed by atoms with Crippen LogP contribution in [0, 0.1) is 34.0 Å². The third-order valence-corrected chi connectivity index (χ3v) is 9.20. The van der Waals surface area contributed by atoms with Crippen molar-refractivity contribution >= 4 is 17.7 Å². The summed E-state index contributed by atoms with van der Waals surface area (Å²) in [6.45, 7) is 12.6. The molecule has 1 spiro atoms. The van der Waals surface area contributed by atoms with Crippen molar-refractivity contribution in [2.24, 2.45) is 34.0 Å². The van der Waals surface area contributed by atoms with E-state index in [-0.39, 0.29) is 24.0 Å². The van der Waals surface area contributed by atoms with E-state index >= 15 is 0 Å². The highest BCUT2D eigenvalue weighted by Gasteiger charge is 2.76. The number of carbonyl (C=O) groups excluding carboxylic acids is 3. The molecule has 0 aromatic rings. The summed E-state index contributed by atoms with van der Waals surface area (Å²) in [6.07, 6.45) is -1.48. The zero-order valence-corrected chi connectivity index (χ0v) is 19.0. The van der Waals surface area contributed by atoms with Gasteiger partial charge in [0.25, 0.3) is 0 Å². The zero-order chi connectivity index (χ0) is 23.1. The summed E-state index contributed by atoms with van der Waals surface area (Å²) in [7, 11) is 0. The van der Waals surface area contributed by atoms with E-state index < -0.39 is 58.5 Å². The highest BCUT2D eigenvalue weighted by atomic mass is 16.5. The molecule has 4 fully saturated rings. The molecule has 4 aliphatic carbocycles. The van der Waals surface area contributed by atoms with Gasteiger partial charge in [-0.25, -0.2) is 0 Å². The quantitative estimate of drug-likeness (QED) is 0.506. The molecular weight excluding hydrogens is 400 g/mol. The molecule has 0 radical (unpaired) electrons. The molecule has 4 aliphatic rings. The van der Waals surface area contributed by atoms with Gasteiger partial charge in [0.2, 0.25) is 0 Å². The van der Waals surface area contributed by atoms with E-state index in [4.69, 9.17) is 9.47 Å². The van der Waals surface area contributed by atoms with Crippen LogP contribution in [0.2, 0.25) is 0 Å². The maximum Gasteiger partial charge on any atom is 0.302 e. The summed E-state index contributed by atoms with van der Waals surface area (Å²) < 4.78 is 11.4. The number of allylic oxidation sites excluding steroid dienone is 1. The van der Waals surface area contributed by atoms with Crippen molar-refractivity contribution < 1.29 is 34.1 Å². The van der Waals surface area contributed by atoms with E-state index in [1.165, 1.54) is 13.8 Å². The molecule has 7 nitrogen and oxygen atoms in total. The molecule has 0 saturated heterocycles. The average Bonchev–Trinajstić information content (AvgIpc) is 2.83. The number of Topliss-reactive ketones (excluding diaryl/α,β-unsaturated/α-hetero) is 1. The van der Waals surface area contributed by atoms with Crippen LogP contribution in [0.5, 0.6) is 0 Å². The van der Waals surface area contributed by atoms with Gasteiger partial charge in [0.05, 0.1) is 17.6 Å². The lowest BCUT2D eigenvalue weighted by Crippen LogP contribution is -2.72. The summed E-state index contributed by atoms with van der Waals surface area (Å²) in [4.78, 5) is 37.4. The maximum atomic E-state index is 13.6. The maximum absolute atomic E-state index is 13.6. The fourth-order valence-electron chi connectivity index (χ4n) is 8.00. The Morgan fingerprint density at radius 3 is 2.16 bits per heavy atom. The van der Waals surface area contributed by atoms with E-state index in [0.717, 1.165) is 0 Å².